The van der Waals surface area contributed by atoms with E-state index in [2.05, 4.69) is 31.2 Å². The molecule has 1 unspecified atom stereocenters. The van der Waals surface area contributed by atoms with Crippen LogP contribution >= 0.6 is 0 Å². The molecule has 0 radical (unpaired) electrons. The Balaban J connectivity index is 2.25. The van der Waals surface area contributed by atoms with E-state index in [1.165, 1.54) is 11.1 Å². The average Bonchev–Trinajstić information content (AvgIpc) is 2.28. The zero-order chi connectivity index (χ0) is 10.7. The molecule has 0 saturated carbocycles. The zero-order valence-electron chi connectivity index (χ0n) is 9.33. The van der Waals surface area contributed by atoms with Gasteiger partial charge in [0.15, 0.2) is 0 Å². The van der Waals surface area contributed by atoms with Crippen LogP contribution in [0.15, 0.2) is 24.3 Å². The molecule has 0 amide bonds. The Labute approximate surface area is 91.5 Å². The Morgan fingerprint density at radius 2 is 2.20 bits per heavy atom. The largest absolute Gasteiger partial charge is 0.299 e. The maximum atomic E-state index is 12.0. The third-order valence-electron chi connectivity index (χ3n) is 3.25. The lowest BCUT2D eigenvalue weighted by molar-refractivity contribution is -0.120. The number of Topliss-reactive ketones (excluding diaryl/α,β-unsaturated/α-hetero) is 1. The van der Waals surface area contributed by atoms with E-state index in [-0.39, 0.29) is 5.92 Å². The summed E-state index contributed by atoms with van der Waals surface area (Å²) in [7, 11) is 0. The summed E-state index contributed by atoms with van der Waals surface area (Å²) < 4.78 is 0. The molecular formula is C14H18O. The molecule has 2 rings (SSSR count). The molecule has 0 spiro atoms. The second kappa shape index (κ2) is 4.61. The maximum absolute atomic E-state index is 12.0. The highest BCUT2D eigenvalue weighted by molar-refractivity contribution is 5.86. The van der Waals surface area contributed by atoms with Crippen LogP contribution in [0.4, 0.5) is 0 Å². The van der Waals surface area contributed by atoms with Crippen molar-refractivity contribution >= 4 is 5.78 Å². The van der Waals surface area contributed by atoms with Gasteiger partial charge < -0.3 is 0 Å². The Bertz CT molecular complexity index is 354. The van der Waals surface area contributed by atoms with E-state index in [0.717, 1.165) is 32.1 Å². The molecular weight excluding hydrogens is 184 g/mol. The quantitative estimate of drug-likeness (QED) is 0.733. The lowest BCUT2D eigenvalue weighted by Gasteiger charge is -2.24. The van der Waals surface area contributed by atoms with Crippen LogP contribution in [0.2, 0.25) is 0 Å². The summed E-state index contributed by atoms with van der Waals surface area (Å²) in [5.41, 5.74) is 2.68. The fourth-order valence-corrected chi connectivity index (χ4v) is 2.51. The summed E-state index contributed by atoms with van der Waals surface area (Å²) in [6, 6.07) is 8.43. The van der Waals surface area contributed by atoms with Gasteiger partial charge in [0.05, 0.1) is 0 Å². The minimum atomic E-state index is 0.190. The van der Waals surface area contributed by atoms with E-state index < -0.39 is 0 Å². The van der Waals surface area contributed by atoms with Crippen molar-refractivity contribution in [3.05, 3.63) is 35.4 Å². The summed E-state index contributed by atoms with van der Waals surface area (Å²) >= 11 is 0. The predicted octanol–water partition coefficient (Wildman–Crippen LogP) is 3.48. The second-order valence-corrected chi connectivity index (χ2v) is 4.36. The van der Waals surface area contributed by atoms with E-state index in [0.29, 0.717) is 5.78 Å². The van der Waals surface area contributed by atoms with E-state index >= 15 is 0 Å². The van der Waals surface area contributed by atoms with Crippen molar-refractivity contribution in [2.75, 3.05) is 0 Å². The lowest BCUT2D eigenvalue weighted by atomic mass is 9.79. The van der Waals surface area contributed by atoms with Gasteiger partial charge in [-0.25, -0.2) is 0 Å². The molecule has 1 aromatic rings. The molecule has 0 saturated heterocycles. The van der Waals surface area contributed by atoms with E-state index in [1.807, 2.05) is 0 Å². The number of ketones is 1. The summed E-state index contributed by atoms with van der Waals surface area (Å²) in [6.45, 7) is 2.08. The number of hydrogen-bond donors (Lipinski definition) is 0. The lowest BCUT2D eigenvalue weighted by Crippen LogP contribution is -2.18. The molecule has 1 heteroatoms. The van der Waals surface area contributed by atoms with Crippen LogP contribution in [-0.4, -0.2) is 5.78 Å². The van der Waals surface area contributed by atoms with Gasteiger partial charge in [-0.3, -0.25) is 4.79 Å². The van der Waals surface area contributed by atoms with Crippen molar-refractivity contribution in [3.8, 4) is 0 Å². The van der Waals surface area contributed by atoms with Gasteiger partial charge in [0.2, 0.25) is 0 Å². The number of aryl methyl sites for hydroxylation is 1. The number of rotatable bonds is 3. The van der Waals surface area contributed by atoms with E-state index in [4.69, 9.17) is 0 Å². The fourth-order valence-electron chi connectivity index (χ4n) is 2.51. The molecule has 1 aliphatic carbocycles. The SMILES string of the molecule is CCCC(=O)C1CCCc2ccccc21. The summed E-state index contributed by atoms with van der Waals surface area (Å²) in [5, 5.41) is 0. The highest BCUT2D eigenvalue weighted by Crippen LogP contribution is 2.32. The number of hydrogen-bond acceptors (Lipinski definition) is 1. The predicted molar refractivity (Wildman–Crippen MR) is 62.0 cm³/mol. The maximum Gasteiger partial charge on any atom is 0.140 e. The zero-order valence-corrected chi connectivity index (χ0v) is 9.33. The van der Waals surface area contributed by atoms with E-state index in [9.17, 15) is 4.79 Å². The Kier molecular flexibility index (Phi) is 3.20. The third-order valence-corrected chi connectivity index (χ3v) is 3.25. The Morgan fingerprint density at radius 1 is 1.40 bits per heavy atom. The van der Waals surface area contributed by atoms with Crippen LogP contribution in [0.3, 0.4) is 0 Å². The summed E-state index contributed by atoms with van der Waals surface area (Å²) in [5.74, 6) is 0.625. The molecule has 0 N–H and O–H groups in total. The van der Waals surface area contributed by atoms with Gasteiger partial charge in [0, 0.05) is 12.3 Å². The van der Waals surface area contributed by atoms with Crippen molar-refractivity contribution in [3.63, 3.8) is 0 Å². The van der Waals surface area contributed by atoms with Crippen molar-refractivity contribution < 1.29 is 4.79 Å². The molecule has 80 valence electrons. The molecule has 0 fully saturated rings. The Morgan fingerprint density at radius 3 is 3.00 bits per heavy atom. The standard InChI is InChI=1S/C14H18O/c1-2-6-14(15)13-10-5-8-11-7-3-4-9-12(11)13/h3-4,7,9,13H,2,5-6,8,10H2,1H3. The van der Waals surface area contributed by atoms with Gasteiger partial charge in [-0.05, 0) is 36.8 Å². The van der Waals surface area contributed by atoms with Crippen LogP contribution in [0.25, 0.3) is 0 Å². The van der Waals surface area contributed by atoms with Gasteiger partial charge in [0.25, 0.3) is 0 Å². The van der Waals surface area contributed by atoms with Gasteiger partial charge in [-0.2, -0.15) is 0 Å². The second-order valence-electron chi connectivity index (χ2n) is 4.36. The first-order valence-electron chi connectivity index (χ1n) is 5.93. The molecule has 1 nitrogen and oxygen atoms in total. The van der Waals surface area contributed by atoms with Crippen molar-refractivity contribution in [1.29, 1.82) is 0 Å². The smallest absolute Gasteiger partial charge is 0.140 e. The van der Waals surface area contributed by atoms with Gasteiger partial charge in [-0.15, -0.1) is 0 Å². The first-order chi connectivity index (χ1) is 7.33. The molecule has 15 heavy (non-hydrogen) atoms. The van der Waals surface area contributed by atoms with Crippen molar-refractivity contribution in [2.24, 2.45) is 0 Å². The summed E-state index contributed by atoms with van der Waals surface area (Å²) in [4.78, 5) is 12.0. The van der Waals surface area contributed by atoms with Gasteiger partial charge in [-0.1, -0.05) is 31.2 Å². The number of carbonyl (C=O) groups is 1. The molecule has 1 atom stereocenters. The van der Waals surface area contributed by atoms with Crippen molar-refractivity contribution in [2.45, 2.75) is 44.9 Å². The van der Waals surface area contributed by atoms with E-state index in [1.54, 1.807) is 0 Å². The minimum Gasteiger partial charge on any atom is -0.299 e. The highest BCUT2D eigenvalue weighted by Gasteiger charge is 2.24. The minimum absolute atomic E-state index is 0.190. The van der Waals surface area contributed by atoms with Crippen LogP contribution in [0.5, 0.6) is 0 Å². The third kappa shape index (κ3) is 2.11. The molecule has 0 aromatic heterocycles. The van der Waals surface area contributed by atoms with Crippen LogP contribution in [0, 0.1) is 0 Å². The number of fused-ring (bicyclic) bond motifs is 1. The monoisotopic (exact) mass is 202 g/mol. The first-order valence-corrected chi connectivity index (χ1v) is 5.93. The Hall–Kier alpha value is -1.11. The molecule has 1 aliphatic rings. The molecule has 0 aliphatic heterocycles. The number of carbonyl (C=O) groups excluding carboxylic acids is 1. The fraction of sp³-hybridized carbons (Fsp3) is 0.500. The van der Waals surface area contributed by atoms with Crippen LogP contribution in [0.1, 0.15) is 49.7 Å². The highest BCUT2D eigenvalue weighted by atomic mass is 16.1. The first kappa shape index (κ1) is 10.4. The molecule has 1 aromatic carbocycles. The normalized spacial score (nSPS) is 19.7. The molecule has 0 heterocycles. The molecule has 0 bridgehead atoms. The number of benzene rings is 1. The van der Waals surface area contributed by atoms with Crippen LogP contribution in [-0.2, 0) is 11.2 Å². The van der Waals surface area contributed by atoms with Gasteiger partial charge >= 0.3 is 0 Å². The summed E-state index contributed by atoms with van der Waals surface area (Å²) in [6.07, 6.45) is 5.07. The topological polar surface area (TPSA) is 17.1 Å². The van der Waals surface area contributed by atoms with Crippen LogP contribution < -0.4 is 0 Å². The average molecular weight is 202 g/mol. The van der Waals surface area contributed by atoms with Gasteiger partial charge in [0.1, 0.15) is 5.78 Å². The van der Waals surface area contributed by atoms with Crippen molar-refractivity contribution in [1.82, 2.24) is 0 Å².